The summed E-state index contributed by atoms with van der Waals surface area (Å²) in [5.74, 6) is -0.321. The smallest absolute Gasteiger partial charge is 0.232 e. The number of fused-ring (bicyclic) bond motifs is 3. The Bertz CT molecular complexity index is 1360. The number of nitrogens with zero attached hydrogens (tertiary/aromatic N) is 7. The molecule has 12 heteroatoms. The van der Waals surface area contributed by atoms with Crippen molar-refractivity contribution in [2.24, 2.45) is 0 Å². The summed E-state index contributed by atoms with van der Waals surface area (Å²) in [5.41, 5.74) is 2.91. The molecule has 4 heterocycles. The zero-order chi connectivity index (χ0) is 22.6. The van der Waals surface area contributed by atoms with Crippen LogP contribution in [0.15, 0.2) is 30.7 Å². The number of anilines is 1. The van der Waals surface area contributed by atoms with Crippen molar-refractivity contribution in [3.05, 3.63) is 57.9 Å². The van der Waals surface area contributed by atoms with Gasteiger partial charge in [-0.15, -0.1) is 9.90 Å². The molecule has 2 N–H and O–H groups in total. The van der Waals surface area contributed by atoms with Crippen molar-refractivity contribution in [2.45, 2.75) is 38.2 Å². The van der Waals surface area contributed by atoms with Gasteiger partial charge in [-0.05, 0) is 12.5 Å². The van der Waals surface area contributed by atoms with Gasteiger partial charge in [0.25, 0.3) is 0 Å². The van der Waals surface area contributed by atoms with E-state index in [0.29, 0.717) is 34.4 Å². The molecule has 0 aromatic carbocycles. The molecule has 0 spiro atoms. The fourth-order valence-electron chi connectivity index (χ4n) is 4.15. The third-order valence-electron chi connectivity index (χ3n) is 5.51. The predicted octanol–water partition coefficient (Wildman–Crippen LogP) is 2.91. The molecule has 0 saturated heterocycles. The Kier molecular flexibility index (Phi) is 4.88. The van der Waals surface area contributed by atoms with Crippen LogP contribution in [0.25, 0.3) is 11.5 Å². The topological polar surface area (TPSA) is 123 Å². The number of hydrogen-bond donors (Lipinski definition) is 2. The maximum Gasteiger partial charge on any atom is 0.232 e. The highest BCUT2D eigenvalue weighted by atomic mass is 35.5. The number of aliphatic hydroxyl groups is 1. The lowest BCUT2D eigenvalue weighted by Crippen LogP contribution is -2.21. The molecule has 1 atom stereocenters. The Morgan fingerprint density at radius 3 is 2.75 bits per heavy atom. The number of pyridine rings is 1. The zero-order valence-corrected chi connectivity index (χ0v) is 18.6. The van der Waals surface area contributed by atoms with E-state index < -0.39 is 5.92 Å². The number of hydrogen-bond acceptors (Lipinski definition) is 7. The summed E-state index contributed by atoms with van der Waals surface area (Å²) in [6, 6.07) is 3.28. The molecule has 0 aliphatic heterocycles. The highest BCUT2D eigenvalue weighted by Gasteiger charge is 2.43. The molecule has 4 aromatic heterocycles. The van der Waals surface area contributed by atoms with Gasteiger partial charge in [0.2, 0.25) is 5.91 Å². The first-order valence-electron chi connectivity index (χ1n) is 9.80. The molecule has 1 aliphatic rings. The second kappa shape index (κ2) is 7.51. The first-order valence-corrected chi connectivity index (χ1v) is 10.6. The molecule has 0 saturated carbocycles. The van der Waals surface area contributed by atoms with E-state index in [1.54, 1.807) is 22.8 Å². The molecule has 1 aliphatic carbocycles. The van der Waals surface area contributed by atoms with Gasteiger partial charge >= 0.3 is 0 Å². The zero-order valence-electron chi connectivity index (χ0n) is 17.1. The van der Waals surface area contributed by atoms with Crippen molar-refractivity contribution < 1.29 is 9.90 Å². The number of amides is 1. The van der Waals surface area contributed by atoms with Crippen molar-refractivity contribution in [2.75, 3.05) is 5.32 Å². The minimum Gasteiger partial charge on any atom is -0.390 e. The van der Waals surface area contributed by atoms with E-state index in [0.717, 1.165) is 11.3 Å². The summed E-state index contributed by atoms with van der Waals surface area (Å²) in [4.78, 5) is 23.1. The van der Waals surface area contributed by atoms with Crippen LogP contribution in [0.5, 0.6) is 0 Å². The number of rotatable bonds is 4. The standard InChI is InChI=1S/C20H18Cl2N8O2/c1-20(2)5-12(13-8-23-16-4-15(22)28-29(16)17(13)20)19(32)26-10-3-14(21)18(24-6-10)30-25-7-11(9-31)27-30/h3-4,6-8,12,31H,5,9H2,1-2H3,(H,26,32)/t12-/m0/s1. The highest BCUT2D eigenvalue weighted by molar-refractivity contribution is 6.32. The van der Waals surface area contributed by atoms with Gasteiger partial charge in [0, 0.05) is 23.2 Å². The Labute approximate surface area is 192 Å². The average molecular weight is 473 g/mol. The second-order valence-electron chi connectivity index (χ2n) is 8.24. The normalized spacial score (nSPS) is 17.0. The highest BCUT2D eigenvalue weighted by Crippen LogP contribution is 2.46. The minimum atomic E-state index is -0.418. The van der Waals surface area contributed by atoms with Gasteiger partial charge in [-0.2, -0.15) is 10.2 Å². The molecule has 1 amide bonds. The molecule has 4 aromatic rings. The van der Waals surface area contributed by atoms with Crippen molar-refractivity contribution in [1.82, 2.24) is 34.6 Å². The summed E-state index contributed by atoms with van der Waals surface area (Å²) in [5, 5.41) is 25.1. The van der Waals surface area contributed by atoms with E-state index in [9.17, 15) is 4.79 Å². The molecule has 0 fully saturated rings. The fourth-order valence-corrected chi connectivity index (χ4v) is 4.56. The van der Waals surface area contributed by atoms with E-state index in [4.69, 9.17) is 28.3 Å². The van der Waals surface area contributed by atoms with Crippen molar-refractivity contribution in [3.63, 3.8) is 0 Å². The summed E-state index contributed by atoms with van der Waals surface area (Å²) < 4.78 is 1.72. The largest absolute Gasteiger partial charge is 0.390 e. The Morgan fingerprint density at radius 1 is 1.22 bits per heavy atom. The third kappa shape index (κ3) is 3.40. The number of aromatic nitrogens is 7. The van der Waals surface area contributed by atoms with Crippen LogP contribution in [0.3, 0.4) is 0 Å². The number of carbonyl (C=O) groups is 1. The first-order chi connectivity index (χ1) is 15.3. The Hall–Kier alpha value is -3.08. The van der Waals surface area contributed by atoms with Crippen LogP contribution < -0.4 is 5.32 Å². The molecule has 0 radical (unpaired) electrons. The fraction of sp³-hybridized carbons (Fsp3) is 0.300. The lowest BCUT2D eigenvalue weighted by Gasteiger charge is -2.19. The van der Waals surface area contributed by atoms with Gasteiger partial charge < -0.3 is 10.4 Å². The van der Waals surface area contributed by atoms with Gasteiger partial charge in [0.05, 0.1) is 41.3 Å². The monoisotopic (exact) mass is 472 g/mol. The molecule has 10 nitrogen and oxygen atoms in total. The number of nitrogens with one attached hydrogen (secondary N) is 1. The Morgan fingerprint density at radius 2 is 2.03 bits per heavy atom. The van der Waals surface area contributed by atoms with E-state index in [-0.39, 0.29) is 23.0 Å². The van der Waals surface area contributed by atoms with Gasteiger partial charge in [-0.3, -0.25) is 4.79 Å². The van der Waals surface area contributed by atoms with Gasteiger partial charge in [-0.1, -0.05) is 37.0 Å². The average Bonchev–Trinajstić information content (AvgIpc) is 3.42. The maximum atomic E-state index is 13.2. The molecule has 5 rings (SSSR count). The maximum absolute atomic E-state index is 13.2. The number of halogens is 2. The molecule has 164 valence electrons. The van der Waals surface area contributed by atoms with Crippen LogP contribution in [-0.4, -0.2) is 45.6 Å². The first kappa shape index (κ1) is 20.8. The van der Waals surface area contributed by atoms with E-state index in [1.165, 1.54) is 17.2 Å². The molecular weight excluding hydrogens is 455 g/mol. The van der Waals surface area contributed by atoms with Gasteiger partial charge in [-0.25, -0.2) is 14.5 Å². The van der Waals surface area contributed by atoms with Crippen LogP contribution in [0.2, 0.25) is 10.2 Å². The minimum absolute atomic E-state index is 0.193. The predicted molar refractivity (Wildman–Crippen MR) is 117 cm³/mol. The number of aliphatic hydroxyl groups excluding tert-OH is 1. The SMILES string of the molecule is CC1(C)C[C@H](C(=O)Nc2cnc(-n3ncc(CO)n3)c(Cl)c2)c2cnc3cc(Cl)nn3c21. The third-order valence-corrected chi connectivity index (χ3v) is 5.97. The van der Waals surface area contributed by atoms with Crippen LogP contribution in [0.1, 0.15) is 43.1 Å². The summed E-state index contributed by atoms with van der Waals surface area (Å²) in [7, 11) is 0. The van der Waals surface area contributed by atoms with E-state index >= 15 is 0 Å². The second-order valence-corrected chi connectivity index (χ2v) is 9.04. The lowest BCUT2D eigenvalue weighted by atomic mass is 9.88. The molecule has 0 unspecified atom stereocenters. The quantitative estimate of drug-likeness (QED) is 0.467. The van der Waals surface area contributed by atoms with Crippen LogP contribution in [-0.2, 0) is 16.8 Å². The van der Waals surface area contributed by atoms with Crippen molar-refractivity contribution in [3.8, 4) is 5.82 Å². The molecule has 32 heavy (non-hydrogen) atoms. The van der Waals surface area contributed by atoms with Crippen molar-refractivity contribution >= 4 is 40.4 Å². The molecule has 0 bridgehead atoms. The van der Waals surface area contributed by atoms with E-state index in [2.05, 4.69) is 44.4 Å². The lowest BCUT2D eigenvalue weighted by molar-refractivity contribution is -0.117. The van der Waals surface area contributed by atoms with Crippen LogP contribution >= 0.6 is 23.2 Å². The summed E-state index contributed by atoms with van der Waals surface area (Å²) >= 11 is 12.4. The van der Waals surface area contributed by atoms with E-state index in [1.807, 2.05) is 0 Å². The summed E-state index contributed by atoms with van der Waals surface area (Å²) in [6.45, 7) is 3.90. The Balaban J connectivity index is 1.43. The van der Waals surface area contributed by atoms with Crippen LogP contribution in [0.4, 0.5) is 5.69 Å². The van der Waals surface area contributed by atoms with Crippen LogP contribution in [0, 0.1) is 0 Å². The number of carbonyl (C=O) groups excluding carboxylic acids is 1. The van der Waals surface area contributed by atoms with Gasteiger partial charge in [0.15, 0.2) is 16.6 Å². The van der Waals surface area contributed by atoms with Crippen molar-refractivity contribution in [1.29, 1.82) is 0 Å². The van der Waals surface area contributed by atoms with Gasteiger partial charge in [0.1, 0.15) is 5.69 Å². The molecular formula is C20H18Cl2N8O2. The summed E-state index contributed by atoms with van der Waals surface area (Å²) in [6.07, 6.45) is 5.21.